The Balaban J connectivity index is 2.08. The number of aromatic nitrogens is 2. The van der Waals surface area contributed by atoms with Gasteiger partial charge in [0.05, 0.1) is 11.3 Å². The summed E-state index contributed by atoms with van der Waals surface area (Å²) in [4.78, 5) is 26.5. The lowest BCUT2D eigenvalue weighted by atomic mass is 10.1. The maximum atomic E-state index is 13.4. The number of benzene rings is 1. The second kappa shape index (κ2) is 6.83. The maximum Gasteiger partial charge on any atom is 0.418 e. The molecule has 0 N–H and O–H groups in total. The lowest BCUT2D eigenvalue weighted by Gasteiger charge is -2.24. The number of hydrogen-bond acceptors (Lipinski definition) is 3. The molecule has 0 unspecified atom stereocenters. The van der Waals surface area contributed by atoms with E-state index in [1.165, 1.54) is 30.0 Å². The van der Waals surface area contributed by atoms with E-state index in [1.807, 2.05) is 6.92 Å². The minimum absolute atomic E-state index is 0.0593. The summed E-state index contributed by atoms with van der Waals surface area (Å²) in [5.41, 5.74) is -1.89. The van der Waals surface area contributed by atoms with Gasteiger partial charge in [0.1, 0.15) is 0 Å². The molecular formula is C19H20F3N3O2. The third-order valence-corrected chi connectivity index (χ3v) is 4.98. The van der Waals surface area contributed by atoms with E-state index in [4.69, 9.17) is 0 Å². The molecule has 27 heavy (non-hydrogen) atoms. The molecule has 0 radical (unpaired) electrons. The molecule has 1 aliphatic carbocycles. The van der Waals surface area contributed by atoms with E-state index in [-0.39, 0.29) is 23.1 Å². The molecule has 1 saturated carbocycles. The van der Waals surface area contributed by atoms with Crippen molar-refractivity contribution in [3.8, 4) is 5.69 Å². The van der Waals surface area contributed by atoms with Crippen molar-refractivity contribution in [2.75, 3.05) is 7.05 Å². The first-order chi connectivity index (χ1) is 12.6. The van der Waals surface area contributed by atoms with Crippen LogP contribution in [0, 0.1) is 12.8 Å². The summed E-state index contributed by atoms with van der Waals surface area (Å²) < 4.78 is 41.1. The Morgan fingerprint density at radius 3 is 2.52 bits per heavy atom. The first-order valence-electron chi connectivity index (χ1n) is 8.66. The van der Waals surface area contributed by atoms with Gasteiger partial charge in [-0.05, 0) is 44.7 Å². The van der Waals surface area contributed by atoms with Gasteiger partial charge in [-0.3, -0.25) is 9.59 Å². The number of rotatable bonds is 4. The third-order valence-electron chi connectivity index (χ3n) is 4.98. The molecule has 144 valence electrons. The first-order valence-corrected chi connectivity index (χ1v) is 8.66. The van der Waals surface area contributed by atoms with Crippen LogP contribution in [0.15, 0.2) is 35.1 Å². The van der Waals surface area contributed by atoms with E-state index in [9.17, 15) is 22.8 Å². The number of carbonyl (C=O) groups excluding carboxylic acids is 1. The van der Waals surface area contributed by atoms with Crippen molar-refractivity contribution in [2.45, 2.75) is 38.9 Å². The van der Waals surface area contributed by atoms with Gasteiger partial charge >= 0.3 is 6.18 Å². The molecule has 3 rings (SSSR count). The van der Waals surface area contributed by atoms with E-state index in [0.29, 0.717) is 5.92 Å². The Morgan fingerprint density at radius 1 is 1.30 bits per heavy atom. The van der Waals surface area contributed by atoms with Crippen LogP contribution in [0.4, 0.5) is 13.2 Å². The minimum atomic E-state index is -4.59. The van der Waals surface area contributed by atoms with E-state index in [0.717, 1.165) is 29.7 Å². The van der Waals surface area contributed by atoms with Gasteiger partial charge in [0, 0.05) is 24.8 Å². The van der Waals surface area contributed by atoms with Crippen molar-refractivity contribution in [3.63, 3.8) is 0 Å². The molecule has 1 heterocycles. The summed E-state index contributed by atoms with van der Waals surface area (Å²) in [7, 11) is 1.58. The van der Waals surface area contributed by atoms with Crippen molar-refractivity contribution in [1.82, 2.24) is 14.7 Å². The zero-order chi connectivity index (χ0) is 19.9. The van der Waals surface area contributed by atoms with Crippen LogP contribution < -0.4 is 5.43 Å². The van der Waals surface area contributed by atoms with Gasteiger partial charge in [-0.1, -0.05) is 12.1 Å². The van der Waals surface area contributed by atoms with Gasteiger partial charge in [-0.25, -0.2) is 4.68 Å². The summed E-state index contributed by atoms with van der Waals surface area (Å²) in [6.07, 6.45) is -2.55. The topological polar surface area (TPSA) is 55.2 Å². The van der Waals surface area contributed by atoms with Crippen LogP contribution in [0.25, 0.3) is 5.69 Å². The van der Waals surface area contributed by atoms with Crippen molar-refractivity contribution in [2.24, 2.45) is 5.92 Å². The monoisotopic (exact) mass is 379 g/mol. The average molecular weight is 379 g/mol. The molecule has 1 amide bonds. The highest BCUT2D eigenvalue weighted by Crippen LogP contribution is 2.35. The van der Waals surface area contributed by atoms with Gasteiger partial charge in [-0.15, -0.1) is 0 Å². The van der Waals surface area contributed by atoms with Crippen LogP contribution in [0.5, 0.6) is 0 Å². The average Bonchev–Trinajstić information content (AvgIpc) is 3.44. The molecule has 1 aromatic heterocycles. The normalized spacial score (nSPS) is 15.5. The van der Waals surface area contributed by atoms with Gasteiger partial charge in [0.15, 0.2) is 5.69 Å². The molecule has 5 nitrogen and oxygen atoms in total. The fourth-order valence-corrected chi connectivity index (χ4v) is 3.08. The lowest BCUT2D eigenvalue weighted by Crippen LogP contribution is -2.40. The summed E-state index contributed by atoms with van der Waals surface area (Å²) in [5.74, 6) is -0.199. The number of carbonyl (C=O) groups is 1. The molecule has 1 aliphatic rings. The first kappa shape index (κ1) is 19.1. The molecule has 0 spiro atoms. The minimum Gasteiger partial charge on any atom is -0.337 e. The second-order valence-electron chi connectivity index (χ2n) is 6.92. The van der Waals surface area contributed by atoms with Crippen LogP contribution in [-0.4, -0.2) is 33.7 Å². The van der Waals surface area contributed by atoms with Crippen LogP contribution in [0.1, 0.15) is 41.5 Å². The van der Waals surface area contributed by atoms with Crippen LogP contribution >= 0.6 is 0 Å². The van der Waals surface area contributed by atoms with Crippen LogP contribution in [-0.2, 0) is 6.18 Å². The second-order valence-corrected chi connectivity index (χ2v) is 6.92. The maximum absolute atomic E-state index is 13.4. The number of aryl methyl sites for hydroxylation is 1. The number of nitrogens with zero attached hydrogens (tertiary/aromatic N) is 3. The molecule has 2 aromatic rings. The SMILES string of the molecule is Cc1cc(=O)c(C(=O)N(C)[C@H](C)C2CC2)nn1-c1ccccc1C(F)(F)F. The molecule has 1 aromatic carbocycles. The molecule has 0 saturated heterocycles. The summed E-state index contributed by atoms with van der Waals surface area (Å²) >= 11 is 0. The van der Waals surface area contributed by atoms with E-state index in [1.54, 1.807) is 7.05 Å². The van der Waals surface area contributed by atoms with Gasteiger partial charge in [-0.2, -0.15) is 18.3 Å². The number of amides is 1. The van der Waals surface area contributed by atoms with E-state index >= 15 is 0 Å². The number of alkyl halides is 3. The quantitative estimate of drug-likeness (QED) is 0.818. The highest BCUT2D eigenvalue weighted by atomic mass is 19.4. The zero-order valence-corrected chi connectivity index (χ0v) is 15.2. The standard InChI is InChI=1S/C19H20F3N3O2/c1-11-10-16(26)17(18(27)24(3)12(2)13-8-9-13)23-25(11)15-7-5-4-6-14(15)19(20,21)22/h4-7,10,12-13H,8-9H2,1-3H3/t12-/m1/s1. The number of hydrogen-bond donors (Lipinski definition) is 0. The Labute approximate surface area is 154 Å². The largest absolute Gasteiger partial charge is 0.418 e. The van der Waals surface area contributed by atoms with Crippen molar-refractivity contribution in [3.05, 3.63) is 57.5 Å². The Hall–Kier alpha value is -2.64. The highest BCUT2D eigenvalue weighted by Gasteiger charge is 2.36. The lowest BCUT2D eigenvalue weighted by molar-refractivity contribution is -0.137. The highest BCUT2D eigenvalue weighted by molar-refractivity contribution is 5.92. The zero-order valence-electron chi connectivity index (χ0n) is 15.2. The third kappa shape index (κ3) is 3.74. The van der Waals surface area contributed by atoms with E-state index < -0.39 is 23.1 Å². The molecule has 0 bridgehead atoms. The summed E-state index contributed by atoms with van der Waals surface area (Å²) in [5, 5.41) is 4.01. The van der Waals surface area contributed by atoms with E-state index in [2.05, 4.69) is 5.10 Å². The smallest absolute Gasteiger partial charge is 0.337 e. The van der Waals surface area contributed by atoms with Crippen molar-refractivity contribution >= 4 is 5.91 Å². The van der Waals surface area contributed by atoms with Gasteiger partial charge in [0.2, 0.25) is 5.43 Å². The Morgan fingerprint density at radius 2 is 1.93 bits per heavy atom. The summed E-state index contributed by atoms with van der Waals surface area (Å²) in [6, 6.07) is 6.02. The fraction of sp³-hybridized carbons (Fsp3) is 0.421. The number of para-hydroxylation sites is 1. The molecule has 1 atom stereocenters. The molecule has 8 heteroatoms. The molecular weight excluding hydrogens is 359 g/mol. The van der Waals surface area contributed by atoms with Crippen molar-refractivity contribution < 1.29 is 18.0 Å². The van der Waals surface area contributed by atoms with Gasteiger partial charge < -0.3 is 4.90 Å². The van der Waals surface area contributed by atoms with Crippen molar-refractivity contribution in [1.29, 1.82) is 0 Å². The fourth-order valence-electron chi connectivity index (χ4n) is 3.08. The molecule has 1 fully saturated rings. The van der Waals surface area contributed by atoms with Crippen LogP contribution in [0.3, 0.4) is 0 Å². The Kier molecular flexibility index (Phi) is 4.84. The van der Waals surface area contributed by atoms with Gasteiger partial charge in [0.25, 0.3) is 5.91 Å². The molecule has 0 aliphatic heterocycles. The predicted molar refractivity (Wildman–Crippen MR) is 93.9 cm³/mol. The predicted octanol–water partition coefficient (Wildman–Crippen LogP) is 3.43. The Bertz CT molecular complexity index is 933. The summed E-state index contributed by atoms with van der Waals surface area (Å²) in [6.45, 7) is 3.37. The number of halogens is 3. The van der Waals surface area contributed by atoms with Crippen LogP contribution in [0.2, 0.25) is 0 Å².